The molecule has 0 unspecified atom stereocenters. The highest BCUT2D eigenvalue weighted by atomic mass is 35.5. The first-order valence-corrected chi connectivity index (χ1v) is 7.09. The molecule has 1 aliphatic rings. The smallest absolute Gasteiger partial charge is 0.160 e. The van der Waals surface area contributed by atoms with Crippen molar-refractivity contribution in [3.8, 4) is 11.5 Å². The monoisotopic (exact) mass is 331 g/mol. The Kier molecular flexibility index (Phi) is 6.71. The van der Waals surface area contributed by atoms with E-state index in [0.29, 0.717) is 6.04 Å². The number of nitrogens with zero attached hydrogens (tertiary/aromatic N) is 3. The van der Waals surface area contributed by atoms with Gasteiger partial charge in [0.1, 0.15) is 11.5 Å². The Morgan fingerprint density at radius 3 is 2.81 bits per heavy atom. The Morgan fingerprint density at radius 1 is 1.38 bits per heavy atom. The van der Waals surface area contributed by atoms with Crippen molar-refractivity contribution in [2.24, 2.45) is 0 Å². The predicted octanol–water partition coefficient (Wildman–Crippen LogP) is 2.91. The fourth-order valence-corrected chi connectivity index (χ4v) is 2.77. The largest absolute Gasteiger partial charge is 0.345 e. The van der Waals surface area contributed by atoms with E-state index in [1.807, 2.05) is 6.20 Å². The number of aromatic amines is 1. The first-order chi connectivity index (χ1) is 9.29. The van der Waals surface area contributed by atoms with Crippen molar-refractivity contribution in [3.05, 3.63) is 23.9 Å². The third-order valence-corrected chi connectivity index (χ3v) is 3.81. The molecule has 3 rings (SSSR count). The highest BCUT2D eigenvalue weighted by molar-refractivity contribution is 5.85. The van der Waals surface area contributed by atoms with Gasteiger partial charge in [0.25, 0.3) is 0 Å². The number of imidazole rings is 2. The summed E-state index contributed by atoms with van der Waals surface area (Å²) < 4.78 is 2.27. The van der Waals surface area contributed by atoms with Gasteiger partial charge in [0.05, 0.1) is 0 Å². The molecule has 0 bridgehead atoms. The molecule has 0 saturated carbocycles. The zero-order valence-corrected chi connectivity index (χ0v) is 14.1. The lowest BCUT2D eigenvalue weighted by molar-refractivity contribution is 0.373. The molecule has 0 radical (unpaired) electrons. The number of nitrogens with one attached hydrogen (secondary N) is 2. The van der Waals surface area contributed by atoms with Crippen LogP contribution in [-0.4, -0.2) is 32.6 Å². The van der Waals surface area contributed by atoms with E-state index >= 15 is 0 Å². The lowest BCUT2D eigenvalue weighted by Crippen LogP contribution is -2.31. The van der Waals surface area contributed by atoms with E-state index in [4.69, 9.17) is 0 Å². The maximum absolute atomic E-state index is 4.67. The van der Waals surface area contributed by atoms with Gasteiger partial charge in [-0.1, -0.05) is 6.92 Å². The van der Waals surface area contributed by atoms with Gasteiger partial charge in [-0.2, -0.15) is 0 Å². The van der Waals surface area contributed by atoms with Gasteiger partial charge in [0.2, 0.25) is 0 Å². The van der Waals surface area contributed by atoms with Crippen LogP contribution >= 0.6 is 24.8 Å². The molecule has 21 heavy (non-hydrogen) atoms. The summed E-state index contributed by atoms with van der Waals surface area (Å²) in [5, 5.41) is 3.46. The first kappa shape index (κ1) is 18.0. The normalized spacial score (nSPS) is 17.9. The third-order valence-electron chi connectivity index (χ3n) is 3.81. The molecule has 0 spiro atoms. The lowest BCUT2D eigenvalue weighted by atomic mass is 10.1. The van der Waals surface area contributed by atoms with E-state index in [2.05, 4.69) is 44.9 Å². The minimum Gasteiger partial charge on any atom is -0.345 e. The number of hydrogen-bond donors (Lipinski definition) is 2. The van der Waals surface area contributed by atoms with Gasteiger partial charge < -0.3 is 14.9 Å². The summed E-state index contributed by atoms with van der Waals surface area (Å²) >= 11 is 0. The third kappa shape index (κ3) is 3.59. The quantitative estimate of drug-likeness (QED) is 0.909. The topological polar surface area (TPSA) is 58.5 Å². The highest BCUT2D eigenvalue weighted by Crippen LogP contribution is 2.25. The summed E-state index contributed by atoms with van der Waals surface area (Å²) in [6.45, 7) is 6.33. The maximum Gasteiger partial charge on any atom is 0.160 e. The van der Waals surface area contributed by atoms with Crippen molar-refractivity contribution in [1.82, 2.24) is 24.8 Å². The number of aryl methyl sites for hydroxylation is 2. The van der Waals surface area contributed by atoms with Gasteiger partial charge in [-0.25, -0.2) is 9.97 Å². The van der Waals surface area contributed by atoms with Crippen LogP contribution in [0.25, 0.3) is 11.5 Å². The van der Waals surface area contributed by atoms with Crippen LogP contribution in [0.2, 0.25) is 0 Å². The molecule has 3 heterocycles. The molecule has 0 amide bonds. The zero-order valence-electron chi connectivity index (χ0n) is 12.4. The maximum atomic E-state index is 4.67. The molecule has 2 N–H and O–H groups in total. The molecule has 7 heteroatoms. The van der Waals surface area contributed by atoms with Crippen LogP contribution in [0.4, 0.5) is 0 Å². The minimum atomic E-state index is 0. The summed E-state index contributed by atoms with van der Waals surface area (Å²) in [5.74, 6) is 2.02. The first-order valence-electron chi connectivity index (χ1n) is 7.09. The Labute approximate surface area is 137 Å². The summed E-state index contributed by atoms with van der Waals surface area (Å²) in [5.41, 5.74) is 2.10. The number of halogens is 2. The minimum absolute atomic E-state index is 0. The fraction of sp³-hybridized carbons (Fsp3) is 0.571. The standard InChI is InChI=1S/C14H21N5.2ClH/c1-3-12-17-10(2)13(18-12)14-16-7-8-19(14)11-5-4-6-15-9-11;;/h7-8,11,15H,3-6,9H2,1-2H3,(H,17,18);2*1H/t11-;;/m1../s1. The highest BCUT2D eigenvalue weighted by Gasteiger charge is 2.20. The molecular weight excluding hydrogens is 309 g/mol. The van der Waals surface area contributed by atoms with Crippen LogP contribution in [0.3, 0.4) is 0 Å². The molecule has 0 aliphatic carbocycles. The molecule has 2 aromatic heterocycles. The molecule has 5 nitrogen and oxygen atoms in total. The van der Waals surface area contributed by atoms with Crippen molar-refractivity contribution >= 4 is 24.8 Å². The van der Waals surface area contributed by atoms with Crippen LogP contribution in [-0.2, 0) is 6.42 Å². The van der Waals surface area contributed by atoms with Crippen molar-refractivity contribution in [1.29, 1.82) is 0 Å². The summed E-state index contributed by atoms with van der Waals surface area (Å²) in [4.78, 5) is 12.5. The lowest BCUT2D eigenvalue weighted by Gasteiger charge is -2.25. The molecule has 2 aromatic rings. The van der Waals surface area contributed by atoms with E-state index in [-0.39, 0.29) is 24.8 Å². The average Bonchev–Trinajstić information content (AvgIpc) is 3.05. The van der Waals surface area contributed by atoms with Crippen molar-refractivity contribution in [3.63, 3.8) is 0 Å². The fourth-order valence-electron chi connectivity index (χ4n) is 2.77. The van der Waals surface area contributed by atoms with Crippen LogP contribution in [0, 0.1) is 6.92 Å². The second-order valence-corrected chi connectivity index (χ2v) is 5.17. The molecule has 118 valence electrons. The van der Waals surface area contributed by atoms with Crippen LogP contribution < -0.4 is 5.32 Å². The average molecular weight is 332 g/mol. The van der Waals surface area contributed by atoms with Crippen LogP contribution in [0.1, 0.15) is 37.3 Å². The Hall–Kier alpha value is -1.04. The summed E-state index contributed by atoms with van der Waals surface area (Å²) in [7, 11) is 0. The van der Waals surface area contributed by atoms with Crippen LogP contribution in [0.5, 0.6) is 0 Å². The number of piperidine rings is 1. The van der Waals surface area contributed by atoms with Gasteiger partial charge in [0, 0.05) is 37.1 Å². The summed E-state index contributed by atoms with van der Waals surface area (Å²) in [6, 6.07) is 0.493. The molecular formula is C14H23Cl2N5. The van der Waals surface area contributed by atoms with E-state index < -0.39 is 0 Å². The van der Waals surface area contributed by atoms with Gasteiger partial charge >= 0.3 is 0 Å². The Balaban J connectivity index is 0.00000110. The summed E-state index contributed by atoms with van der Waals surface area (Å²) in [6.07, 6.45) is 7.31. The van der Waals surface area contributed by atoms with Gasteiger partial charge in [-0.05, 0) is 26.3 Å². The van der Waals surface area contributed by atoms with Crippen molar-refractivity contribution in [2.75, 3.05) is 13.1 Å². The number of rotatable bonds is 3. The molecule has 1 saturated heterocycles. The zero-order chi connectivity index (χ0) is 13.2. The molecule has 1 fully saturated rings. The Morgan fingerprint density at radius 2 is 2.19 bits per heavy atom. The second-order valence-electron chi connectivity index (χ2n) is 5.17. The Bertz CT molecular complexity index is 557. The number of hydrogen-bond acceptors (Lipinski definition) is 3. The van der Waals surface area contributed by atoms with E-state index in [9.17, 15) is 0 Å². The van der Waals surface area contributed by atoms with Crippen molar-refractivity contribution in [2.45, 2.75) is 39.2 Å². The molecule has 1 atom stereocenters. The van der Waals surface area contributed by atoms with Gasteiger partial charge in [-0.3, -0.25) is 0 Å². The van der Waals surface area contributed by atoms with Gasteiger partial charge in [-0.15, -0.1) is 24.8 Å². The number of aromatic nitrogens is 4. The molecule has 0 aromatic carbocycles. The van der Waals surface area contributed by atoms with E-state index in [0.717, 1.165) is 42.5 Å². The SMILES string of the molecule is CCc1nc(-c2nccn2[C@@H]2CCCNC2)c(C)[nH]1.Cl.Cl. The molecule has 1 aliphatic heterocycles. The van der Waals surface area contributed by atoms with E-state index in [1.165, 1.54) is 12.8 Å². The van der Waals surface area contributed by atoms with Gasteiger partial charge in [0.15, 0.2) is 5.82 Å². The van der Waals surface area contributed by atoms with Crippen molar-refractivity contribution < 1.29 is 0 Å². The second kappa shape index (κ2) is 7.82. The predicted molar refractivity (Wildman–Crippen MR) is 89.6 cm³/mol. The van der Waals surface area contributed by atoms with Crippen LogP contribution in [0.15, 0.2) is 12.4 Å². The number of H-pyrrole nitrogens is 1. The van der Waals surface area contributed by atoms with E-state index in [1.54, 1.807) is 0 Å².